The zero-order valence-corrected chi connectivity index (χ0v) is 12.9. The van der Waals surface area contributed by atoms with E-state index < -0.39 is 0 Å². The Morgan fingerprint density at radius 1 is 1.22 bits per heavy atom. The molecule has 2 aromatic heterocycles. The monoisotopic (exact) mass is 308 g/mol. The lowest BCUT2D eigenvalue weighted by Gasteiger charge is -2.08. The number of hydrogen-bond acceptors (Lipinski definition) is 5. The number of aromatic nitrogens is 3. The molecule has 0 saturated carbocycles. The molecule has 0 radical (unpaired) electrons. The molecule has 1 amide bonds. The molecule has 0 fully saturated rings. The van der Waals surface area contributed by atoms with Gasteiger partial charge in [0.2, 0.25) is 5.91 Å². The molecule has 1 aromatic carbocycles. The van der Waals surface area contributed by atoms with Gasteiger partial charge in [-0.15, -0.1) is 0 Å². The highest BCUT2D eigenvalue weighted by Gasteiger charge is 2.08. The second-order valence-corrected chi connectivity index (χ2v) is 5.28. The molecule has 0 spiro atoms. The van der Waals surface area contributed by atoms with Gasteiger partial charge in [0.15, 0.2) is 0 Å². The summed E-state index contributed by atoms with van der Waals surface area (Å²) in [7, 11) is 1.52. The summed E-state index contributed by atoms with van der Waals surface area (Å²) in [5, 5.41) is 1.00. The second kappa shape index (κ2) is 6.00. The zero-order valence-electron chi connectivity index (χ0n) is 12.9. The summed E-state index contributed by atoms with van der Waals surface area (Å²) in [6.07, 6.45) is 3.59. The fraction of sp³-hybridized carbons (Fsp3) is 0.176. The Labute approximate surface area is 133 Å². The van der Waals surface area contributed by atoms with Gasteiger partial charge in [-0.25, -0.2) is 15.0 Å². The Hall–Kier alpha value is -3.02. The summed E-state index contributed by atoms with van der Waals surface area (Å²) in [5.74, 6) is -0.345. The number of ether oxygens (including phenoxy) is 1. The molecular weight excluding hydrogens is 292 g/mol. The van der Waals surface area contributed by atoms with Crippen LogP contribution in [0.25, 0.3) is 22.2 Å². The van der Waals surface area contributed by atoms with E-state index in [1.165, 1.54) is 7.11 Å². The number of methoxy groups -OCH3 is 1. The number of amides is 1. The minimum atomic E-state index is -0.345. The van der Waals surface area contributed by atoms with Gasteiger partial charge in [-0.1, -0.05) is 6.07 Å². The van der Waals surface area contributed by atoms with Gasteiger partial charge in [0.1, 0.15) is 0 Å². The van der Waals surface area contributed by atoms with E-state index >= 15 is 0 Å². The number of aryl methyl sites for hydroxylation is 1. The Morgan fingerprint density at radius 3 is 2.61 bits per heavy atom. The van der Waals surface area contributed by atoms with Crippen LogP contribution in [0.5, 0.6) is 6.01 Å². The molecule has 2 heterocycles. The lowest BCUT2D eigenvalue weighted by molar-refractivity contribution is -0.117. The molecule has 23 heavy (non-hydrogen) atoms. The Balaban J connectivity index is 2.05. The normalized spacial score (nSPS) is 10.7. The predicted molar refractivity (Wildman–Crippen MR) is 87.0 cm³/mol. The van der Waals surface area contributed by atoms with Crippen molar-refractivity contribution in [1.29, 1.82) is 0 Å². The topological polar surface area (TPSA) is 91.0 Å². The van der Waals surface area contributed by atoms with Crippen molar-refractivity contribution in [3.63, 3.8) is 0 Å². The van der Waals surface area contributed by atoms with E-state index in [0.717, 1.165) is 33.3 Å². The number of nitrogens with two attached hydrogens (primary N) is 1. The van der Waals surface area contributed by atoms with Crippen LogP contribution in [-0.2, 0) is 11.2 Å². The van der Waals surface area contributed by atoms with Gasteiger partial charge in [-0.05, 0) is 36.2 Å². The van der Waals surface area contributed by atoms with Crippen LogP contribution in [0.15, 0.2) is 36.7 Å². The summed E-state index contributed by atoms with van der Waals surface area (Å²) in [6.45, 7) is 2.01. The van der Waals surface area contributed by atoms with Gasteiger partial charge < -0.3 is 10.5 Å². The average Bonchev–Trinajstić information content (AvgIpc) is 2.55. The molecule has 0 saturated heterocycles. The van der Waals surface area contributed by atoms with Crippen molar-refractivity contribution in [2.24, 2.45) is 5.73 Å². The van der Waals surface area contributed by atoms with Crippen LogP contribution in [-0.4, -0.2) is 28.0 Å². The molecule has 2 N–H and O–H groups in total. The lowest BCUT2D eigenvalue weighted by atomic mass is 10.0. The number of primary amides is 1. The highest BCUT2D eigenvalue weighted by molar-refractivity contribution is 5.87. The average molecular weight is 308 g/mol. The summed E-state index contributed by atoms with van der Waals surface area (Å²) in [5.41, 5.74) is 9.66. The van der Waals surface area contributed by atoms with Crippen molar-refractivity contribution >= 4 is 16.8 Å². The summed E-state index contributed by atoms with van der Waals surface area (Å²) >= 11 is 0. The van der Waals surface area contributed by atoms with Crippen LogP contribution >= 0.6 is 0 Å². The fourth-order valence-electron chi connectivity index (χ4n) is 2.45. The quantitative estimate of drug-likeness (QED) is 0.796. The van der Waals surface area contributed by atoms with Crippen molar-refractivity contribution in [3.05, 3.63) is 47.8 Å². The van der Waals surface area contributed by atoms with Crippen LogP contribution < -0.4 is 10.5 Å². The number of nitrogens with zero attached hydrogens (tertiary/aromatic N) is 3. The van der Waals surface area contributed by atoms with Gasteiger partial charge in [-0.3, -0.25) is 4.79 Å². The van der Waals surface area contributed by atoms with E-state index in [2.05, 4.69) is 15.0 Å². The highest BCUT2D eigenvalue weighted by Crippen LogP contribution is 2.25. The van der Waals surface area contributed by atoms with E-state index in [-0.39, 0.29) is 12.3 Å². The third kappa shape index (κ3) is 3.11. The van der Waals surface area contributed by atoms with E-state index in [1.807, 2.05) is 31.2 Å². The standard InChI is InChI=1S/C17H16N4O2/c1-10-5-15(12-8-19-17(23-2)20-9-12)21-14-4-3-11(6-13(10)14)7-16(18)22/h3-6,8-9H,7H2,1-2H3,(H2,18,22). The van der Waals surface area contributed by atoms with E-state index in [0.29, 0.717) is 6.01 Å². The maximum absolute atomic E-state index is 11.1. The zero-order chi connectivity index (χ0) is 16.4. The minimum absolute atomic E-state index is 0.226. The second-order valence-electron chi connectivity index (χ2n) is 5.28. The van der Waals surface area contributed by atoms with Crippen LogP contribution in [0.4, 0.5) is 0 Å². The molecule has 3 rings (SSSR count). The molecular formula is C17H16N4O2. The van der Waals surface area contributed by atoms with Gasteiger partial charge in [0.25, 0.3) is 0 Å². The molecule has 6 nitrogen and oxygen atoms in total. The van der Waals surface area contributed by atoms with Gasteiger partial charge in [0, 0.05) is 23.3 Å². The van der Waals surface area contributed by atoms with E-state index in [4.69, 9.17) is 10.5 Å². The molecule has 0 unspecified atom stereocenters. The maximum atomic E-state index is 11.1. The van der Waals surface area contributed by atoms with Crippen molar-refractivity contribution < 1.29 is 9.53 Å². The smallest absolute Gasteiger partial charge is 0.316 e. The first-order valence-corrected chi connectivity index (χ1v) is 7.12. The Bertz CT molecular complexity index is 876. The van der Waals surface area contributed by atoms with Crippen molar-refractivity contribution in [1.82, 2.24) is 15.0 Å². The first-order chi connectivity index (χ1) is 11.1. The first-order valence-electron chi connectivity index (χ1n) is 7.12. The molecule has 0 aliphatic heterocycles. The number of carbonyl (C=O) groups excluding carboxylic acids is 1. The highest BCUT2D eigenvalue weighted by atomic mass is 16.5. The largest absolute Gasteiger partial charge is 0.467 e. The van der Waals surface area contributed by atoms with Crippen LogP contribution in [0.1, 0.15) is 11.1 Å². The molecule has 0 atom stereocenters. The Kier molecular flexibility index (Phi) is 3.89. The van der Waals surface area contributed by atoms with Crippen molar-refractivity contribution in [3.8, 4) is 17.3 Å². The summed E-state index contributed by atoms with van der Waals surface area (Å²) in [6, 6.07) is 8.02. The third-order valence-corrected chi connectivity index (χ3v) is 3.56. The van der Waals surface area contributed by atoms with Gasteiger partial charge in [0.05, 0.1) is 24.7 Å². The SMILES string of the molecule is COc1ncc(-c2cc(C)c3cc(CC(N)=O)ccc3n2)cn1. The fourth-order valence-corrected chi connectivity index (χ4v) is 2.45. The van der Waals surface area contributed by atoms with Crippen LogP contribution in [0, 0.1) is 6.92 Å². The third-order valence-electron chi connectivity index (χ3n) is 3.56. The number of fused-ring (bicyclic) bond motifs is 1. The number of rotatable bonds is 4. The Morgan fingerprint density at radius 2 is 1.96 bits per heavy atom. The molecule has 0 aliphatic carbocycles. The van der Waals surface area contributed by atoms with E-state index in [9.17, 15) is 4.79 Å². The number of hydrogen-bond donors (Lipinski definition) is 1. The van der Waals surface area contributed by atoms with Crippen molar-refractivity contribution in [2.75, 3.05) is 7.11 Å². The first kappa shape index (κ1) is 14.9. The molecule has 116 valence electrons. The number of benzene rings is 1. The molecule has 6 heteroatoms. The summed E-state index contributed by atoms with van der Waals surface area (Å²) < 4.78 is 4.96. The minimum Gasteiger partial charge on any atom is -0.467 e. The number of carbonyl (C=O) groups is 1. The van der Waals surface area contributed by atoms with Crippen molar-refractivity contribution in [2.45, 2.75) is 13.3 Å². The van der Waals surface area contributed by atoms with Gasteiger partial charge in [-0.2, -0.15) is 0 Å². The molecule has 0 aliphatic rings. The maximum Gasteiger partial charge on any atom is 0.316 e. The van der Waals surface area contributed by atoms with Gasteiger partial charge >= 0.3 is 6.01 Å². The van der Waals surface area contributed by atoms with Crippen LogP contribution in [0.3, 0.4) is 0 Å². The van der Waals surface area contributed by atoms with E-state index in [1.54, 1.807) is 12.4 Å². The predicted octanol–water partition coefficient (Wildman–Crippen LogP) is 2.04. The molecule has 0 bridgehead atoms. The molecule has 3 aromatic rings. The summed E-state index contributed by atoms with van der Waals surface area (Å²) in [4.78, 5) is 23.9. The van der Waals surface area contributed by atoms with Crippen LogP contribution in [0.2, 0.25) is 0 Å². The lowest BCUT2D eigenvalue weighted by Crippen LogP contribution is -2.13. The number of pyridine rings is 1.